The summed E-state index contributed by atoms with van der Waals surface area (Å²) in [5.74, 6) is 1.14. The standard InChI is InChI=1S/C25H24N2OS/c28-25(26-14-5-6-15-26)17-27-16-24(22-12-3-4-13-23(22)27)29-18-20-10-7-9-19-8-1-2-11-21(19)20/h1-4,7-13,16H,5-6,14-15,17-18H2. The van der Waals surface area contributed by atoms with Crippen molar-refractivity contribution in [1.82, 2.24) is 9.47 Å². The summed E-state index contributed by atoms with van der Waals surface area (Å²) in [6, 6.07) is 23.5. The monoisotopic (exact) mass is 400 g/mol. The third kappa shape index (κ3) is 3.65. The zero-order chi connectivity index (χ0) is 19.6. The van der Waals surface area contributed by atoms with Gasteiger partial charge in [0, 0.05) is 40.8 Å². The number of fused-ring (bicyclic) bond motifs is 2. The van der Waals surface area contributed by atoms with Crippen LogP contribution in [0.4, 0.5) is 0 Å². The predicted octanol–water partition coefficient (Wildman–Crippen LogP) is 5.71. The maximum atomic E-state index is 12.7. The normalized spacial score (nSPS) is 14.1. The van der Waals surface area contributed by atoms with Crippen molar-refractivity contribution >= 4 is 39.3 Å². The summed E-state index contributed by atoms with van der Waals surface area (Å²) < 4.78 is 2.13. The van der Waals surface area contributed by atoms with Gasteiger partial charge in [-0.15, -0.1) is 11.8 Å². The van der Waals surface area contributed by atoms with E-state index >= 15 is 0 Å². The molecule has 4 heteroatoms. The minimum Gasteiger partial charge on any atom is -0.341 e. The Morgan fingerprint density at radius 3 is 2.45 bits per heavy atom. The highest BCUT2D eigenvalue weighted by Crippen LogP contribution is 2.34. The van der Waals surface area contributed by atoms with Crippen molar-refractivity contribution in [2.24, 2.45) is 0 Å². The van der Waals surface area contributed by atoms with Crippen molar-refractivity contribution in [3.63, 3.8) is 0 Å². The van der Waals surface area contributed by atoms with Crippen LogP contribution in [-0.2, 0) is 17.1 Å². The van der Waals surface area contributed by atoms with E-state index in [1.807, 2.05) is 16.7 Å². The highest BCUT2D eigenvalue weighted by atomic mass is 32.2. The van der Waals surface area contributed by atoms with Crippen LogP contribution in [0.15, 0.2) is 77.8 Å². The molecular formula is C25H24N2OS. The van der Waals surface area contributed by atoms with Gasteiger partial charge in [-0.2, -0.15) is 0 Å². The first kappa shape index (κ1) is 18.3. The quantitative estimate of drug-likeness (QED) is 0.401. The summed E-state index contributed by atoms with van der Waals surface area (Å²) >= 11 is 1.85. The molecule has 1 amide bonds. The number of aromatic nitrogens is 1. The van der Waals surface area contributed by atoms with Gasteiger partial charge >= 0.3 is 0 Å². The molecule has 29 heavy (non-hydrogen) atoms. The van der Waals surface area contributed by atoms with Crippen molar-refractivity contribution in [2.45, 2.75) is 30.0 Å². The van der Waals surface area contributed by atoms with Crippen LogP contribution in [0.2, 0.25) is 0 Å². The van der Waals surface area contributed by atoms with E-state index in [9.17, 15) is 4.79 Å². The number of carbonyl (C=O) groups is 1. The summed E-state index contributed by atoms with van der Waals surface area (Å²) in [6.07, 6.45) is 4.42. The van der Waals surface area contributed by atoms with Gasteiger partial charge in [0.25, 0.3) is 0 Å². The molecule has 0 unspecified atom stereocenters. The van der Waals surface area contributed by atoms with Crippen LogP contribution in [0.25, 0.3) is 21.7 Å². The van der Waals surface area contributed by atoms with Gasteiger partial charge in [-0.05, 0) is 35.2 Å². The lowest BCUT2D eigenvalue weighted by Crippen LogP contribution is -2.30. The molecule has 0 aliphatic carbocycles. The van der Waals surface area contributed by atoms with E-state index in [-0.39, 0.29) is 5.91 Å². The molecule has 0 atom stereocenters. The molecule has 1 aliphatic heterocycles. The average molecular weight is 401 g/mol. The summed E-state index contributed by atoms with van der Waals surface area (Å²) in [5, 5.41) is 3.83. The van der Waals surface area contributed by atoms with Gasteiger partial charge in [0.05, 0.1) is 0 Å². The second kappa shape index (κ2) is 7.96. The molecule has 0 spiro atoms. The van der Waals surface area contributed by atoms with Crippen molar-refractivity contribution < 1.29 is 4.79 Å². The molecule has 5 rings (SSSR count). The Labute approximate surface area is 175 Å². The van der Waals surface area contributed by atoms with Gasteiger partial charge in [-0.1, -0.05) is 60.7 Å². The number of hydrogen-bond donors (Lipinski definition) is 0. The predicted molar refractivity (Wildman–Crippen MR) is 121 cm³/mol. The first-order valence-corrected chi connectivity index (χ1v) is 11.2. The number of para-hydroxylation sites is 1. The molecule has 2 heterocycles. The molecule has 146 valence electrons. The van der Waals surface area contributed by atoms with E-state index in [0.717, 1.165) is 37.2 Å². The number of carbonyl (C=O) groups excluding carboxylic acids is 1. The largest absolute Gasteiger partial charge is 0.341 e. The molecule has 1 aliphatic rings. The average Bonchev–Trinajstić information content (AvgIpc) is 3.41. The highest BCUT2D eigenvalue weighted by molar-refractivity contribution is 7.98. The molecule has 0 N–H and O–H groups in total. The Morgan fingerprint density at radius 1 is 0.862 bits per heavy atom. The molecule has 1 saturated heterocycles. The van der Waals surface area contributed by atoms with E-state index in [1.165, 1.54) is 26.6 Å². The molecule has 1 aromatic heterocycles. The summed E-state index contributed by atoms with van der Waals surface area (Å²) in [4.78, 5) is 15.9. The SMILES string of the molecule is O=C(Cn1cc(SCc2cccc3ccccc23)c2ccccc21)N1CCCC1. The molecule has 4 aromatic rings. The fraction of sp³-hybridized carbons (Fsp3) is 0.240. The minimum absolute atomic E-state index is 0.230. The van der Waals surface area contributed by atoms with Gasteiger partial charge in [0.2, 0.25) is 5.91 Å². The first-order chi connectivity index (χ1) is 14.3. The summed E-state index contributed by atoms with van der Waals surface area (Å²) in [7, 11) is 0. The number of rotatable bonds is 5. The Hall–Kier alpha value is -2.72. The zero-order valence-corrected chi connectivity index (χ0v) is 17.2. The lowest BCUT2D eigenvalue weighted by atomic mass is 10.1. The summed E-state index contributed by atoms with van der Waals surface area (Å²) in [5.41, 5.74) is 2.48. The Balaban J connectivity index is 1.42. The van der Waals surface area contributed by atoms with Crippen molar-refractivity contribution in [3.8, 4) is 0 Å². The van der Waals surface area contributed by atoms with Gasteiger partial charge in [-0.3, -0.25) is 4.79 Å². The Morgan fingerprint density at radius 2 is 1.59 bits per heavy atom. The van der Waals surface area contributed by atoms with Crippen LogP contribution in [0.1, 0.15) is 18.4 Å². The van der Waals surface area contributed by atoms with Crippen molar-refractivity contribution in [2.75, 3.05) is 13.1 Å². The van der Waals surface area contributed by atoms with Crippen LogP contribution in [0.5, 0.6) is 0 Å². The van der Waals surface area contributed by atoms with Crippen LogP contribution in [0.3, 0.4) is 0 Å². The van der Waals surface area contributed by atoms with Crippen molar-refractivity contribution in [3.05, 3.63) is 78.5 Å². The Bertz CT molecular complexity index is 1170. The zero-order valence-electron chi connectivity index (χ0n) is 16.4. The Kier molecular flexibility index (Phi) is 5.03. The highest BCUT2D eigenvalue weighted by Gasteiger charge is 2.19. The van der Waals surface area contributed by atoms with Gasteiger partial charge in [0.15, 0.2) is 0 Å². The third-order valence-electron chi connectivity index (χ3n) is 5.78. The molecule has 0 bridgehead atoms. The first-order valence-electron chi connectivity index (χ1n) is 10.2. The van der Waals surface area contributed by atoms with E-state index in [2.05, 4.69) is 77.5 Å². The van der Waals surface area contributed by atoms with Crippen LogP contribution < -0.4 is 0 Å². The minimum atomic E-state index is 0.230. The fourth-order valence-electron chi connectivity index (χ4n) is 4.25. The maximum Gasteiger partial charge on any atom is 0.242 e. The molecule has 3 aromatic carbocycles. The number of hydrogen-bond acceptors (Lipinski definition) is 2. The topological polar surface area (TPSA) is 25.2 Å². The fourth-order valence-corrected chi connectivity index (χ4v) is 5.34. The van der Waals surface area contributed by atoms with Crippen LogP contribution in [0, 0.1) is 0 Å². The number of thioether (sulfide) groups is 1. The van der Waals surface area contributed by atoms with Crippen LogP contribution in [-0.4, -0.2) is 28.5 Å². The van der Waals surface area contributed by atoms with Gasteiger partial charge in [0.1, 0.15) is 6.54 Å². The summed E-state index contributed by atoms with van der Waals surface area (Å²) in [6.45, 7) is 2.23. The third-order valence-corrected chi connectivity index (χ3v) is 6.87. The second-order valence-electron chi connectivity index (χ2n) is 7.65. The lowest BCUT2D eigenvalue weighted by molar-refractivity contribution is -0.130. The number of amides is 1. The van der Waals surface area contributed by atoms with Crippen molar-refractivity contribution in [1.29, 1.82) is 0 Å². The van der Waals surface area contributed by atoms with E-state index in [0.29, 0.717) is 6.54 Å². The van der Waals surface area contributed by atoms with Gasteiger partial charge in [-0.25, -0.2) is 0 Å². The van der Waals surface area contributed by atoms with E-state index < -0.39 is 0 Å². The second-order valence-corrected chi connectivity index (χ2v) is 8.67. The molecule has 0 saturated carbocycles. The number of likely N-dealkylation sites (tertiary alicyclic amines) is 1. The van der Waals surface area contributed by atoms with Crippen LogP contribution >= 0.6 is 11.8 Å². The molecule has 0 radical (unpaired) electrons. The molecule has 1 fully saturated rings. The number of benzene rings is 3. The van der Waals surface area contributed by atoms with E-state index in [4.69, 9.17) is 0 Å². The van der Waals surface area contributed by atoms with E-state index in [1.54, 1.807) is 0 Å². The number of nitrogens with zero attached hydrogens (tertiary/aromatic N) is 2. The smallest absolute Gasteiger partial charge is 0.242 e. The lowest BCUT2D eigenvalue weighted by Gasteiger charge is -2.15. The molecular weight excluding hydrogens is 376 g/mol. The molecule has 3 nitrogen and oxygen atoms in total. The van der Waals surface area contributed by atoms with Gasteiger partial charge < -0.3 is 9.47 Å². The maximum absolute atomic E-state index is 12.7.